The van der Waals surface area contributed by atoms with E-state index in [4.69, 9.17) is 5.73 Å². The van der Waals surface area contributed by atoms with Crippen LogP contribution in [0.3, 0.4) is 0 Å². The van der Waals surface area contributed by atoms with E-state index in [1.165, 1.54) is 0 Å². The summed E-state index contributed by atoms with van der Waals surface area (Å²) in [7, 11) is -3.47. The van der Waals surface area contributed by atoms with Crippen molar-refractivity contribution in [3.63, 3.8) is 0 Å². The molecule has 1 aromatic heterocycles. The molecule has 0 atom stereocenters. The molecule has 2 aromatic rings. The lowest BCUT2D eigenvalue weighted by molar-refractivity contribution is 0.585. The van der Waals surface area contributed by atoms with Crippen LogP contribution < -0.4 is 5.73 Å². The fourth-order valence-electron chi connectivity index (χ4n) is 2.30. The summed E-state index contributed by atoms with van der Waals surface area (Å²) in [6.07, 6.45) is 0.784. The highest BCUT2D eigenvalue weighted by molar-refractivity contribution is 7.90. The lowest BCUT2D eigenvalue weighted by Crippen LogP contribution is -2.12. The van der Waals surface area contributed by atoms with Crippen molar-refractivity contribution in [3.05, 3.63) is 41.2 Å². The van der Waals surface area contributed by atoms with E-state index in [0.717, 1.165) is 17.7 Å². The third-order valence-corrected chi connectivity index (χ3v) is 5.13. The summed E-state index contributed by atoms with van der Waals surface area (Å²) in [5, 5.41) is 4.38. The van der Waals surface area contributed by atoms with Crippen LogP contribution in [-0.4, -0.2) is 18.2 Å². The number of aryl methyl sites for hydroxylation is 3. The molecule has 6 heteroatoms. The van der Waals surface area contributed by atoms with E-state index in [2.05, 4.69) is 5.10 Å². The van der Waals surface area contributed by atoms with Crippen molar-refractivity contribution in [3.8, 4) is 0 Å². The van der Waals surface area contributed by atoms with E-state index < -0.39 is 9.84 Å². The number of hydrogen-bond donors (Lipinski definition) is 1. The number of nitrogens with two attached hydrogens (primary N) is 1. The number of nitrogen functional groups attached to an aromatic ring is 1. The molecule has 1 aromatic carbocycles. The Labute approximate surface area is 125 Å². The standard InChI is InChI=1S/C15H21N3O2S/c1-4-12-9-13(18(5-2)17-12)10-21(19,20)15-7-6-11(3)8-14(15)16/h6-9H,4-5,10,16H2,1-3H3. The Morgan fingerprint density at radius 1 is 1.24 bits per heavy atom. The first kappa shape index (κ1) is 15.6. The summed E-state index contributed by atoms with van der Waals surface area (Å²) in [6, 6.07) is 6.87. The van der Waals surface area contributed by atoms with Crippen molar-refractivity contribution in [2.24, 2.45) is 0 Å². The van der Waals surface area contributed by atoms with Crippen molar-refractivity contribution < 1.29 is 8.42 Å². The molecule has 0 aliphatic carbocycles. The molecule has 0 unspecified atom stereocenters. The zero-order valence-electron chi connectivity index (χ0n) is 12.6. The molecule has 0 saturated carbocycles. The van der Waals surface area contributed by atoms with Gasteiger partial charge in [-0.25, -0.2) is 8.42 Å². The zero-order chi connectivity index (χ0) is 15.6. The van der Waals surface area contributed by atoms with Gasteiger partial charge in [0.25, 0.3) is 0 Å². The monoisotopic (exact) mass is 307 g/mol. The van der Waals surface area contributed by atoms with Crippen molar-refractivity contribution in [1.29, 1.82) is 0 Å². The SMILES string of the molecule is CCc1cc(CS(=O)(=O)c2ccc(C)cc2N)n(CC)n1. The fourth-order valence-corrected chi connectivity index (χ4v) is 3.77. The third kappa shape index (κ3) is 3.26. The highest BCUT2D eigenvalue weighted by Gasteiger charge is 2.21. The fraction of sp³-hybridized carbons (Fsp3) is 0.400. The number of nitrogens with zero attached hydrogens (tertiary/aromatic N) is 2. The van der Waals surface area contributed by atoms with Crippen LogP contribution in [0.5, 0.6) is 0 Å². The lowest BCUT2D eigenvalue weighted by Gasteiger charge is -2.09. The van der Waals surface area contributed by atoms with Crippen LogP contribution >= 0.6 is 0 Å². The summed E-state index contributed by atoms with van der Waals surface area (Å²) >= 11 is 0. The molecule has 114 valence electrons. The molecule has 0 aliphatic rings. The zero-order valence-corrected chi connectivity index (χ0v) is 13.4. The van der Waals surface area contributed by atoms with Gasteiger partial charge in [-0.05, 0) is 44.0 Å². The van der Waals surface area contributed by atoms with Crippen molar-refractivity contribution >= 4 is 15.5 Å². The Bertz CT molecular complexity index is 748. The second kappa shape index (κ2) is 5.89. The summed E-state index contributed by atoms with van der Waals surface area (Å²) in [5.41, 5.74) is 8.71. The summed E-state index contributed by atoms with van der Waals surface area (Å²) in [5.74, 6) is -0.0822. The van der Waals surface area contributed by atoms with Gasteiger partial charge in [0.15, 0.2) is 9.84 Å². The molecule has 2 N–H and O–H groups in total. The highest BCUT2D eigenvalue weighted by atomic mass is 32.2. The van der Waals surface area contributed by atoms with Crippen LogP contribution in [0.25, 0.3) is 0 Å². The molecule has 2 rings (SSSR count). The average molecular weight is 307 g/mol. The number of rotatable bonds is 5. The minimum absolute atomic E-state index is 0.0822. The van der Waals surface area contributed by atoms with Crippen LogP contribution in [0.2, 0.25) is 0 Å². The summed E-state index contributed by atoms with van der Waals surface area (Å²) in [4.78, 5) is 0.190. The number of benzene rings is 1. The predicted octanol–water partition coefficient (Wildman–Crippen LogP) is 2.33. The van der Waals surface area contributed by atoms with Crippen LogP contribution in [0, 0.1) is 6.92 Å². The topological polar surface area (TPSA) is 78.0 Å². The molecule has 21 heavy (non-hydrogen) atoms. The van der Waals surface area contributed by atoms with Crippen LogP contribution in [0.15, 0.2) is 29.2 Å². The molecule has 1 heterocycles. The van der Waals surface area contributed by atoms with Crippen molar-refractivity contribution in [2.75, 3.05) is 5.73 Å². The van der Waals surface area contributed by atoms with Gasteiger partial charge in [-0.2, -0.15) is 5.10 Å². The van der Waals surface area contributed by atoms with E-state index in [1.807, 2.05) is 26.8 Å². The van der Waals surface area contributed by atoms with E-state index in [9.17, 15) is 8.42 Å². The van der Waals surface area contributed by atoms with E-state index >= 15 is 0 Å². The maximum absolute atomic E-state index is 12.6. The maximum atomic E-state index is 12.6. The minimum atomic E-state index is -3.47. The Kier molecular flexibility index (Phi) is 4.37. The summed E-state index contributed by atoms with van der Waals surface area (Å²) < 4.78 is 26.9. The second-order valence-electron chi connectivity index (χ2n) is 5.10. The van der Waals surface area contributed by atoms with Gasteiger partial charge in [-0.3, -0.25) is 4.68 Å². The van der Waals surface area contributed by atoms with Gasteiger partial charge < -0.3 is 5.73 Å². The predicted molar refractivity (Wildman–Crippen MR) is 83.8 cm³/mol. The molecule has 0 amide bonds. The second-order valence-corrected chi connectivity index (χ2v) is 7.05. The van der Waals surface area contributed by atoms with E-state index in [1.54, 1.807) is 22.9 Å². The number of anilines is 1. The van der Waals surface area contributed by atoms with Gasteiger partial charge in [0, 0.05) is 6.54 Å². The quantitative estimate of drug-likeness (QED) is 0.860. The Balaban J connectivity index is 2.39. The van der Waals surface area contributed by atoms with Gasteiger partial charge in [0.05, 0.1) is 27.7 Å². The first-order valence-corrected chi connectivity index (χ1v) is 8.67. The van der Waals surface area contributed by atoms with E-state index in [-0.39, 0.29) is 10.6 Å². The molecule has 0 fully saturated rings. The van der Waals surface area contributed by atoms with E-state index in [0.29, 0.717) is 17.9 Å². The third-order valence-electron chi connectivity index (χ3n) is 3.41. The minimum Gasteiger partial charge on any atom is -0.398 e. The number of sulfone groups is 1. The average Bonchev–Trinajstić information content (AvgIpc) is 2.79. The molecular formula is C15H21N3O2S. The Morgan fingerprint density at radius 2 is 1.95 bits per heavy atom. The molecule has 0 bridgehead atoms. The molecule has 0 saturated heterocycles. The molecule has 0 radical (unpaired) electrons. The van der Waals surface area contributed by atoms with Gasteiger partial charge in [0.2, 0.25) is 0 Å². The molecule has 0 spiro atoms. The lowest BCUT2D eigenvalue weighted by atomic mass is 10.2. The number of hydrogen-bond acceptors (Lipinski definition) is 4. The van der Waals surface area contributed by atoms with Crippen molar-refractivity contribution in [1.82, 2.24) is 9.78 Å². The molecular weight excluding hydrogens is 286 g/mol. The largest absolute Gasteiger partial charge is 0.398 e. The number of aromatic nitrogens is 2. The van der Waals surface area contributed by atoms with Gasteiger partial charge in [-0.1, -0.05) is 13.0 Å². The van der Waals surface area contributed by atoms with Crippen LogP contribution in [0.1, 0.15) is 30.8 Å². The van der Waals surface area contributed by atoms with Gasteiger partial charge in [-0.15, -0.1) is 0 Å². The Hall–Kier alpha value is -1.82. The van der Waals surface area contributed by atoms with Crippen LogP contribution in [-0.2, 0) is 28.6 Å². The molecule has 5 nitrogen and oxygen atoms in total. The smallest absolute Gasteiger partial charge is 0.186 e. The van der Waals surface area contributed by atoms with Crippen LogP contribution in [0.4, 0.5) is 5.69 Å². The molecule has 0 aliphatic heterocycles. The maximum Gasteiger partial charge on any atom is 0.186 e. The summed E-state index contributed by atoms with van der Waals surface area (Å²) in [6.45, 7) is 6.47. The highest BCUT2D eigenvalue weighted by Crippen LogP contribution is 2.24. The first-order valence-electron chi connectivity index (χ1n) is 7.01. The van der Waals surface area contributed by atoms with Crippen molar-refractivity contribution in [2.45, 2.75) is 44.4 Å². The first-order chi connectivity index (χ1) is 9.87. The Morgan fingerprint density at radius 3 is 2.52 bits per heavy atom. The van der Waals surface area contributed by atoms with Gasteiger partial charge in [0.1, 0.15) is 0 Å². The normalized spacial score (nSPS) is 11.8. The van der Waals surface area contributed by atoms with Gasteiger partial charge >= 0.3 is 0 Å².